The van der Waals surface area contributed by atoms with Gasteiger partial charge in [-0.2, -0.15) is 10.4 Å². The second-order valence-electron chi connectivity index (χ2n) is 9.31. The van der Waals surface area contributed by atoms with Crippen LogP contribution in [0.4, 0.5) is 5.95 Å². The third kappa shape index (κ3) is 5.39. The summed E-state index contributed by atoms with van der Waals surface area (Å²) in [6, 6.07) is 17.3. The molecule has 36 heavy (non-hydrogen) atoms. The minimum Gasteiger partial charge on any atom is -0.384 e. The summed E-state index contributed by atoms with van der Waals surface area (Å²) < 4.78 is 0. The molecule has 182 valence electrons. The van der Waals surface area contributed by atoms with E-state index in [1.807, 2.05) is 30.3 Å². The topological polar surface area (TPSA) is 145 Å². The Morgan fingerprint density at radius 2 is 1.94 bits per heavy atom. The summed E-state index contributed by atoms with van der Waals surface area (Å²) in [5.41, 5.74) is 3.57. The van der Waals surface area contributed by atoms with E-state index in [2.05, 4.69) is 36.4 Å². The number of pyridine rings is 1. The first-order valence-electron chi connectivity index (χ1n) is 12.2. The van der Waals surface area contributed by atoms with Crippen molar-refractivity contribution in [3.8, 4) is 17.3 Å². The molecule has 0 amide bonds. The van der Waals surface area contributed by atoms with Crippen molar-refractivity contribution < 1.29 is 5.11 Å². The Morgan fingerprint density at radius 1 is 1.14 bits per heavy atom. The Morgan fingerprint density at radius 3 is 2.69 bits per heavy atom. The van der Waals surface area contributed by atoms with E-state index in [1.54, 1.807) is 24.4 Å². The maximum Gasteiger partial charge on any atom is 0.224 e. The Balaban J connectivity index is 1.39. The number of hydrazone groups is 1. The summed E-state index contributed by atoms with van der Waals surface area (Å²) in [6.45, 7) is 0.318. The van der Waals surface area contributed by atoms with Gasteiger partial charge in [-0.3, -0.25) is 9.98 Å². The fraction of sp³-hybridized carbons (Fsp3) is 0.333. The van der Waals surface area contributed by atoms with Crippen molar-refractivity contribution in [2.45, 2.75) is 56.7 Å². The summed E-state index contributed by atoms with van der Waals surface area (Å²) >= 11 is 0. The lowest BCUT2D eigenvalue weighted by atomic mass is 9.97. The van der Waals surface area contributed by atoms with Gasteiger partial charge in [-0.15, -0.1) is 0 Å². The predicted octanol–water partition coefficient (Wildman–Crippen LogP) is 3.68. The average Bonchev–Trinajstić information content (AvgIpc) is 3.62. The Kier molecular flexibility index (Phi) is 6.69. The molecular weight excluding hydrogens is 452 g/mol. The molecule has 2 saturated carbocycles. The fourth-order valence-corrected chi connectivity index (χ4v) is 4.38. The van der Waals surface area contributed by atoms with Gasteiger partial charge in [0.25, 0.3) is 0 Å². The van der Waals surface area contributed by atoms with E-state index in [0.29, 0.717) is 46.9 Å². The Hall–Kier alpha value is -4.16. The first kappa shape index (κ1) is 23.6. The molecule has 2 aliphatic carbocycles. The Bertz CT molecular complexity index is 1350. The van der Waals surface area contributed by atoms with Gasteiger partial charge in [0.2, 0.25) is 5.95 Å². The first-order valence-corrected chi connectivity index (χ1v) is 12.2. The van der Waals surface area contributed by atoms with Gasteiger partial charge in [-0.1, -0.05) is 31.0 Å². The van der Waals surface area contributed by atoms with Crippen molar-refractivity contribution in [3.63, 3.8) is 0 Å². The maximum absolute atomic E-state index is 10.9. The molecule has 2 aromatic heterocycles. The second kappa shape index (κ2) is 10.2. The largest absolute Gasteiger partial charge is 0.384 e. The van der Waals surface area contributed by atoms with Gasteiger partial charge in [0, 0.05) is 11.6 Å². The van der Waals surface area contributed by atoms with E-state index in [0.717, 1.165) is 49.8 Å². The monoisotopic (exact) mass is 480 g/mol. The standard InChI is InChI=1S/C27H28N8O/c28-15-18-5-3-6-19(13-18)22-14-23(34-26(33-22)32-20-9-10-20)24(35-29)17-30-16-21-7-4-8-25(31-21)27(36)11-1-2-12-27/h3-8,13-14,17,20,36H,1-2,9-12,16,29H2,(H,32,33,34)/b30-17?,35-24+. The number of rotatable bonds is 8. The number of aliphatic hydroxyl groups is 1. The highest BCUT2D eigenvalue weighted by Crippen LogP contribution is 2.37. The zero-order valence-electron chi connectivity index (χ0n) is 19.9. The molecule has 4 N–H and O–H groups in total. The molecule has 0 bridgehead atoms. The molecule has 0 aliphatic heterocycles. The molecule has 5 rings (SSSR count). The molecule has 2 fully saturated rings. The van der Waals surface area contributed by atoms with E-state index < -0.39 is 5.60 Å². The lowest BCUT2D eigenvalue weighted by Gasteiger charge is -2.21. The molecule has 9 nitrogen and oxygen atoms in total. The molecule has 3 aromatic rings. The molecule has 0 spiro atoms. The number of aliphatic imine (C=N–C) groups is 1. The van der Waals surface area contributed by atoms with E-state index in [1.165, 1.54) is 0 Å². The van der Waals surface area contributed by atoms with Gasteiger partial charge in [0.05, 0.1) is 47.2 Å². The molecule has 0 saturated heterocycles. The van der Waals surface area contributed by atoms with Crippen molar-refractivity contribution in [1.82, 2.24) is 15.0 Å². The van der Waals surface area contributed by atoms with Crippen LogP contribution in [0.3, 0.4) is 0 Å². The van der Waals surface area contributed by atoms with Gasteiger partial charge < -0.3 is 16.3 Å². The van der Waals surface area contributed by atoms with Crippen molar-refractivity contribution in [2.24, 2.45) is 15.9 Å². The smallest absolute Gasteiger partial charge is 0.224 e. The van der Waals surface area contributed by atoms with Crippen LogP contribution >= 0.6 is 0 Å². The minimum atomic E-state index is -0.839. The van der Waals surface area contributed by atoms with Crippen LogP contribution in [0, 0.1) is 11.3 Å². The highest BCUT2D eigenvalue weighted by atomic mass is 16.3. The third-order valence-electron chi connectivity index (χ3n) is 6.51. The van der Waals surface area contributed by atoms with Crippen LogP contribution in [-0.4, -0.2) is 38.0 Å². The van der Waals surface area contributed by atoms with Crippen LogP contribution in [0.1, 0.15) is 61.2 Å². The van der Waals surface area contributed by atoms with Crippen LogP contribution < -0.4 is 11.2 Å². The van der Waals surface area contributed by atoms with Crippen LogP contribution in [0.5, 0.6) is 0 Å². The number of hydrogen-bond donors (Lipinski definition) is 3. The third-order valence-corrected chi connectivity index (χ3v) is 6.51. The molecule has 0 unspecified atom stereocenters. The molecule has 2 aliphatic rings. The minimum absolute atomic E-state index is 0.318. The quantitative estimate of drug-likeness (QED) is 0.253. The number of aromatic nitrogens is 3. The van der Waals surface area contributed by atoms with E-state index in [4.69, 9.17) is 5.84 Å². The number of anilines is 1. The second-order valence-corrected chi connectivity index (χ2v) is 9.31. The predicted molar refractivity (Wildman–Crippen MR) is 138 cm³/mol. The van der Waals surface area contributed by atoms with Crippen molar-refractivity contribution >= 4 is 17.9 Å². The lowest BCUT2D eigenvalue weighted by Crippen LogP contribution is -2.22. The maximum atomic E-state index is 10.9. The number of hydrogen-bond acceptors (Lipinski definition) is 9. The van der Waals surface area contributed by atoms with E-state index >= 15 is 0 Å². The summed E-state index contributed by atoms with van der Waals surface area (Å²) in [5.74, 6) is 6.22. The van der Waals surface area contributed by atoms with E-state index in [9.17, 15) is 10.4 Å². The summed E-state index contributed by atoms with van der Waals surface area (Å²) in [4.78, 5) is 18.4. The molecule has 0 atom stereocenters. The fourth-order valence-electron chi connectivity index (χ4n) is 4.38. The number of nitrogens with zero attached hydrogens (tertiary/aromatic N) is 6. The normalized spacial score (nSPS) is 17.3. The van der Waals surface area contributed by atoms with Crippen molar-refractivity contribution in [2.75, 3.05) is 5.32 Å². The van der Waals surface area contributed by atoms with Gasteiger partial charge in [0.1, 0.15) is 11.3 Å². The van der Waals surface area contributed by atoms with Crippen LogP contribution in [-0.2, 0) is 12.1 Å². The van der Waals surface area contributed by atoms with Gasteiger partial charge in [-0.25, -0.2) is 9.97 Å². The summed E-state index contributed by atoms with van der Waals surface area (Å²) in [7, 11) is 0. The number of nitriles is 1. The molecule has 1 aromatic carbocycles. The molecule has 0 radical (unpaired) electrons. The number of nitrogens with two attached hydrogens (primary N) is 1. The highest BCUT2D eigenvalue weighted by molar-refractivity contribution is 6.37. The first-order chi connectivity index (χ1) is 17.6. The van der Waals surface area contributed by atoms with Crippen molar-refractivity contribution in [1.29, 1.82) is 5.26 Å². The molecular formula is C27H28N8O. The molecule has 2 heterocycles. The summed E-state index contributed by atoms with van der Waals surface area (Å²) in [6.07, 6.45) is 7.23. The number of nitrogens with one attached hydrogen (secondary N) is 1. The highest BCUT2D eigenvalue weighted by Gasteiger charge is 2.34. The van der Waals surface area contributed by atoms with Gasteiger partial charge >= 0.3 is 0 Å². The van der Waals surface area contributed by atoms with E-state index in [-0.39, 0.29) is 0 Å². The molecule has 9 heteroatoms. The van der Waals surface area contributed by atoms with Crippen LogP contribution in [0.15, 0.2) is 58.6 Å². The van der Waals surface area contributed by atoms with Gasteiger partial charge in [0.15, 0.2) is 0 Å². The zero-order chi connectivity index (χ0) is 25.0. The summed E-state index contributed by atoms with van der Waals surface area (Å²) in [5, 5.41) is 27.4. The lowest BCUT2D eigenvalue weighted by molar-refractivity contribution is 0.0398. The van der Waals surface area contributed by atoms with Crippen molar-refractivity contribution in [3.05, 3.63) is 71.2 Å². The average molecular weight is 481 g/mol. The zero-order valence-corrected chi connectivity index (χ0v) is 19.9. The van der Waals surface area contributed by atoms with Crippen LogP contribution in [0.25, 0.3) is 11.3 Å². The SMILES string of the molecule is N#Cc1cccc(-c2cc(/C(C=NCc3cccc(C4(O)CCCC4)n3)=N/N)nc(NC3CC3)n2)c1. The Labute approximate surface area is 209 Å². The van der Waals surface area contributed by atoms with Crippen LogP contribution in [0.2, 0.25) is 0 Å². The number of benzene rings is 1. The van der Waals surface area contributed by atoms with Gasteiger partial charge in [-0.05, 0) is 56.0 Å².